The number of carbonyl (C=O) groups excluding carboxylic acids is 1. The molecule has 1 aromatic heterocycles. The van der Waals surface area contributed by atoms with E-state index in [9.17, 15) is 4.79 Å². The van der Waals surface area contributed by atoms with Gasteiger partial charge in [-0.2, -0.15) is 0 Å². The molecule has 0 aliphatic carbocycles. The van der Waals surface area contributed by atoms with Crippen molar-refractivity contribution in [3.05, 3.63) is 17.1 Å². The van der Waals surface area contributed by atoms with Crippen molar-refractivity contribution >= 4 is 11.7 Å². The molecule has 3 heterocycles. The van der Waals surface area contributed by atoms with E-state index in [4.69, 9.17) is 5.73 Å². The van der Waals surface area contributed by atoms with E-state index in [1.165, 1.54) is 0 Å². The molecule has 26 heavy (non-hydrogen) atoms. The Morgan fingerprint density at radius 3 is 2.65 bits per heavy atom. The van der Waals surface area contributed by atoms with Crippen molar-refractivity contribution in [3.63, 3.8) is 0 Å². The van der Waals surface area contributed by atoms with Crippen LogP contribution in [0.4, 0.5) is 5.82 Å². The van der Waals surface area contributed by atoms with Crippen LogP contribution in [0.3, 0.4) is 0 Å². The minimum atomic E-state index is -0.118. The third-order valence-electron chi connectivity index (χ3n) is 5.39. The van der Waals surface area contributed by atoms with Gasteiger partial charge >= 0.3 is 0 Å². The number of aryl methyl sites for hydroxylation is 1. The van der Waals surface area contributed by atoms with Gasteiger partial charge in [-0.25, -0.2) is 9.97 Å². The van der Waals surface area contributed by atoms with Crippen LogP contribution < -0.4 is 16.0 Å². The fraction of sp³-hybridized carbons (Fsp3) is 0.722. The number of carbonyl (C=O) groups is 1. The lowest BCUT2D eigenvalue weighted by Gasteiger charge is -2.29. The maximum atomic E-state index is 12.8. The second kappa shape index (κ2) is 8.28. The maximum absolute atomic E-state index is 12.8. The summed E-state index contributed by atoms with van der Waals surface area (Å²) < 4.78 is 0. The molecule has 1 aromatic rings. The SMILES string of the molecule is Cc1nc(C(=O)N(C)CCN2CCNCC2)nc(N2CC[C@@H](N)C2)c1C. The highest BCUT2D eigenvalue weighted by molar-refractivity contribution is 5.90. The first-order chi connectivity index (χ1) is 12.5. The predicted octanol–water partition coefficient (Wildman–Crippen LogP) is -0.392. The van der Waals surface area contributed by atoms with Crippen molar-refractivity contribution in [2.45, 2.75) is 26.3 Å². The summed E-state index contributed by atoms with van der Waals surface area (Å²) in [5.41, 5.74) is 7.92. The molecule has 8 nitrogen and oxygen atoms in total. The molecule has 144 valence electrons. The lowest BCUT2D eigenvalue weighted by atomic mass is 10.2. The molecule has 1 amide bonds. The molecular formula is C18H31N7O. The van der Waals surface area contributed by atoms with E-state index in [0.29, 0.717) is 6.54 Å². The van der Waals surface area contributed by atoms with Gasteiger partial charge in [0.25, 0.3) is 5.91 Å². The van der Waals surface area contributed by atoms with E-state index < -0.39 is 0 Å². The summed E-state index contributed by atoms with van der Waals surface area (Å²) >= 11 is 0. The van der Waals surface area contributed by atoms with Crippen molar-refractivity contribution in [1.82, 2.24) is 25.1 Å². The molecule has 0 bridgehead atoms. The highest BCUT2D eigenvalue weighted by Crippen LogP contribution is 2.23. The summed E-state index contributed by atoms with van der Waals surface area (Å²) in [6, 6.07) is 0.172. The van der Waals surface area contributed by atoms with Gasteiger partial charge in [0.2, 0.25) is 5.82 Å². The number of nitrogens with one attached hydrogen (secondary N) is 1. The Morgan fingerprint density at radius 1 is 1.27 bits per heavy atom. The number of nitrogens with zero attached hydrogens (tertiary/aromatic N) is 5. The number of aromatic nitrogens is 2. The summed E-state index contributed by atoms with van der Waals surface area (Å²) in [6.45, 7) is 11.3. The van der Waals surface area contributed by atoms with Crippen LogP contribution in [0.25, 0.3) is 0 Å². The topological polar surface area (TPSA) is 90.6 Å². The van der Waals surface area contributed by atoms with E-state index in [1.807, 2.05) is 20.9 Å². The zero-order valence-electron chi connectivity index (χ0n) is 16.2. The lowest BCUT2D eigenvalue weighted by Crippen LogP contribution is -2.46. The first-order valence-electron chi connectivity index (χ1n) is 9.50. The maximum Gasteiger partial charge on any atom is 0.291 e. The second-order valence-corrected chi connectivity index (χ2v) is 7.39. The van der Waals surface area contributed by atoms with Gasteiger partial charge in [-0.15, -0.1) is 0 Å². The smallest absolute Gasteiger partial charge is 0.291 e. The molecule has 0 radical (unpaired) electrons. The van der Waals surface area contributed by atoms with E-state index in [2.05, 4.69) is 25.1 Å². The van der Waals surface area contributed by atoms with E-state index in [0.717, 1.165) is 69.3 Å². The molecule has 0 aromatic carbocycles. The van der Waals surface area contributed by atoms with E-state index in [1.54, 1.807) is 4.90 Å². The number of likely N-dealkylation sites (N-methyl/N-ethyl adjacent to an activating group) is 1. The first kappa shape index (κ1) is 19.0. The average Bonchev–Trinajstić information content (AvgIpc) is 3.08. The summed E-state index contributed by atoms with van der Waals surface area (Å²) in [5, 5.41) is 3.34. The van der Waals surface area contributed by atoms with Gasteiger partial charge in [-0.1, -0.05) is 0 Å². The molecular weight excluding hydrogens is 330 g/mol. The molecule has 3 N–H and O–H groups in total. The zero-order chi connectivity index (χ0) is 18.7. The average molecular weight is 361 g/mol. The van der Waals surface area contributed by atoms with Gasteiger partial charge in [-0.3, -0.25) is 9.69 Å². The number of hydrogen-bond donors (Lipinski definition) is 2. The highest BCUT2D eigenvalue weighted by atomic mass is 16.2. The van der Waals surface area contributed by atoms with Crippen LogP contribution in [0.1, 0.15) is 28.3 Å². The molecule has 0 spiro atoms. The second-order valence-electron chi connectivity index (χ2n) is 7.39. The Kier molecular flexibility index (Phi) is 6.05. The van der Waals surface area contributed by atoms with Gasteiger partial charge < -0.3 is 20.9 Å². The summed E-state index contributed by atoms with van der Waals surface area (Å²) in [4.78, 5) is 28.2. The zero-order valence-corrected chi connectivity index (χ0v) is 16.2. The Bertz CT molecular complexity index is 645. The van der Waals surface area contributed by atoms with Gasteiger partial charge in [0.05, 0.1) is 0 Å². The molecule has 2 fully saturated rings. The molecule has 0 saturated carbocycles. The van der Waals surface area contributed by atoms with Crippen molar-refractivity contribution in [1.29, 1.82) is 0 Å². The van der Waals surface area contributed by atoms with Crippen LogP contribution in [0.15, 0.2) is 0 Å². The van der Waals surface area contributed by atoms with Gasteiger partial charge in [-0.05, 0) is 20.3 Å². The summed E-state index contributed by atoms with van der Waals surface area (Å²) in [6.07, 6.45) is 0.955. The number of amides is 1. The van der Waals surface area contributed by atoms with Gasteiger partial charge in [0, 0.05) is 76.7 Å². The lowest BCUT2D eigenvalue weighted by molar-refractivity contribution is 0.0762. The number of nitrogens with two attached hydrogens (primary N) is 1. The molecule has 2 aliphatic rings. The molecule has 2 aliphatic heterocycles. The Balaban J connectivity index is 1.68. The van der Waals surface area contributed by atoms with Gasteiger partial charge in [0.1, 0.15) is 5.82 Å². The molecule has 8 heteroatoms. The normalized spacial score (nSPS) is 21.2. The summed E-state index contributed by atoms with van der Waals surface area (Å²) in [7, 11) is 1.83. The first-order valence-corrected chi connectivity index (χ1v) is 9.50. The molecule has 1 atom stereocenters. The minimum absolute atomic E-state index is 0.118. The van der Waals surface area contributed by atoms with Crippen LogP contribution in [0.2, 0.25) is 0 Å². The van der Waals surface area contributed by atoms with E-state index in [-0.39, 0.29) is 17.8 Å². The Hall–Kier alpha value is -1.77. The highest BCUT2D eigenvalue weighted by Gasteiger charge is 2.25. The molecule has 2 saturated heterocycles. The number of rotatable bonds is 5. The Morgan fingerprint density at radius 2 is 2.00 bits per heavy atom. The predicted molar refractivity (Wildman–Crippen MR) is 103 cm³/mol. The van der Waals surface area contributed by atoms with Crippen molar-refractivity contribution < 1.29 is 4.79 Å². The molecule has 3 rings (SSSR count). The van der Waals surface area contributed by atoms with Crippen molar-refractivity contribution in [3.8, 4) is 0 Å². The van der Waals surface area contributed by atoms with Gasteiger partial charge in [0.15, 0.2) is 0 Å². The fourth-order valence-electron chi connectivity index (χ4n) is 3.50. The van der Waals surface area contributed by atoms with Crippen molar-refractivity contribution in [2.24, 2.45) is 5.73 Å². The monoisotopic (exact) mass is 361 g/mol. The third kappa shape index (κ3) is 4.31. The van der Waals surface area contributed by atoms with Crippen LogP contribution in [0.5, 0.6) is 0 Å². The standard InChI is InChI=1S/C18H31N7O/c1-13-14(2)21-16(22-17(13)25-7-4-15(19)12-25)18(26)23(3)10-11-24-8-5-20-6-9-24/h15,20H,4-12,19H2,1-3H3/t15-/m1/s1. The largest absolute Gasteiger partial charge is 0.355 e. The van der Waals surface area contributed by atoms with Crippen molar-refractivity contribution in [2.75, 3.05) is 64.3 Å². The minimum Gasteiger partial charge on any atom is -0.355 e. The quantitative estimate of drug-likeness (QED) is 0.738. The van der Waals surface area contributed by atoms with Crippen LogP contribution in [-0.4, -0.2) is 91.1 Å². The number of hydrogen-bond acceptors (Lipinski definition) is 7. The van der Waals surface area contributed by atoms with E-state index >= 15 is 0 Å². The Labute approximate surface area is 155 Å². The number of anilines is 1. The van der Waals surface area contributed by atoms with Crippen LogP contribution >= 0.6 is 0 Å². The molecule has 0 unspecified atom stereocenters. The number of piperazine rings is 1. The van der Waals surface area contributed by atoms with Crippen LogP contribution in [-0.2, 0) is 0 Å². The fourth-order valence-corrected chi connectivity index (χ4v) is 3.50. The third-order valence-corrected chi connectivity index (χ3v) is 5.39. The van der Waals surface area contributed by atoms with Crippen LogP contribution in [0, 0.1) is 13.8 Å². The summed E-state index contributed by atoms with van der Waals surface area (Å²) in [5.74, 6) is 1.02.